The lowest BCUT2D eigenvalue weighted by Gasteiger charge is -2.42. The van der Waals surface area contributed by atoms with Crippen LogP contribution in [0.2, 0.25) is 0 Å². The minimum Gasteiger partial charge on any atom is -0.394 e. The van der Waals surface area contributed by atoms with Gasteiger partial charge in [-0.15, -0.1) is 0 Å². The molecule has 0 aromatic carbocycles. The quantitative estimate of drug-likeness (QED) is 0.0380. The van der Waals surface area contributed by atoms with E-state index in [1.807, 2.05) is 0 Å². The zero-order valence-corrected chi connectivity index (χ0v) is 28.3. The van der Waals surface area contributed by atoms with Crippen LogP contribution in [-0.2, 0) is 18.9 Å². The Morgan fingerprint density at radius 1 is 0.615 bits per heavy atom. The summed E-state index contributed by atoms with van der Waals surface area (Å²) in [5.74, 6) is 0. The van der Waals surface area contributed by atoms with Crippen LogP contribution >= 0.6 is 0 Å². The molecule has 0 saturated carbocycles. The van der Waals surface area contributed by atoms with Crippen LogP contribution in [0.4, 0.5) is 0 Å². The van der Waals surface area contributed by atoms with Gasteiger partial charge in [0, 0.05) is 19.6 Å². The maximum absolute atomic E-state index is 10.2. The molecule has 0 aliphatic carbocycles. The van der Waals surface area contributed by atoms with E-state index in [-0.39, 0.29) is 13.1 Å². The number of rotatable bonds is 21. The zero-order chi connectivity index (χ0) is 39.7. The van der Waals surface area contributed by atoms with Crippen LogP contribution in [0, 0.1) is 0 Å². The fourth-order valence-electron chi connectivity index (χ4n) is 4.95. The average Bonchev–Trinajstić information content (AvgIpc) is 3.14. The Bertz CT molecular complexity index is 963. The molecule has 0 spiro atoms. The van der Waals surface area contributed by atoms with Gasteiger partial charge in [0.25, 0.3) is 0 Å². The Labute approximate surface area is 298 Å². The Kier molecular flexibility index (Phi) is 23.5. The number of nitrogens with two attached hydrogens (primary N) is 2. The third-order valence-electron chi connectivity index (χ3n) is 8.08. The van der Waals surface area contributed by atoms with Gasteiger partial charge in [0.05, 0.1) is 39.1 Å². The molecule has 2 heterocycles. The highest BCUT2D eigenvalue weighted by molar-refractivity contribution is 5.57. The average molecular weight is 772 g/mol. The van der Waals surface area contributed by atoms with Gasteiger partial charge in [0.1, 0.15) is 85.5 Å². The first-order valence-corrected chi connectivity index (χ1v) is 16.5. The molecule has 2 rings (SSSR count). The van der Waals surface area contributed by atoms with Gasteiger partial charge in [0.15, 0.2) is 31.4 Å². The summed E-state index contributed by atoms with van der Waals surface area (Å²) >= 11 is 0. The molecule has 24 heteroatoms. The van der Waals surface area contributed by atoms with Crippen molar-refractivity contribution >= 4 is 6.21 Å². The fourth-order valence-corrected chi connectivity index (χ4v) is 4.95. The molecule has 22 N–H and O–H groups in total. The highest BCUT2D eigenvalue weighted by Gasteiger charge is 2.48. The molecule has 0 aromatic rings. The summed E-state index contributed by atoms with van der Waals surface area (Å²) < 4.78 is 20.8. The summed E-state index contributed by atoms with van der Waals surface area (Å²) in [6.45, 7) is -1.91. The van der Waals surface area contributed by atoms with Gasteiger partial charge in [-0.3, -0.25) is 0 Å². The van der Waals surface area contributed by atoms with E-state index in [1.165, 1.54) is 0 Å². The van der Waals surface area contributed by atoms with Crippen molar-refractivity contribution in [3.8, 4) is 0 Å². The van der Waals surface area contributed by atoms with Crippen LogP contribution in [0.3, 0.4) is 0 Å². The Morgan fingerprint density at radius 2 is 1.06 bits per heavy atom. The Balaban J connectivity index is 0.000000520. The summed E-state index contributed by atoms with van der Waals surface area (Å²) in [7, 11) is 0. The first-order valence-electron chi connectivity index (χ1n) is 16.5. The highest BCUT2D eigenvalue weighted by Crippen LogP contribution is 2.26. The SMILES string of the molecule is NCCNCC(O)C(O)C(OC1OC(CO)C(O)C(O)C1O)C(O)CO.NCC[NH+]=CC(O)C(O)C(OC1OC(CO)C(O)C(O)C1O)C(O)CO. The summed E-state index contributed by atoms with van der Waals surface area (Å²) in [6.07, 6.45) is -27.9. The zero-order valence-electron chi connectivity index (χ0n) is 28.3. The summed E-state index contributed by atoms with van der Waals surface area (Å²) in [5.41, 5.74) is 10.6. The van der Waals surface area contributed by atoms with Crippen molar-refractivity contribution in [2.24, 2.45) is 11.5 Å². The highest BCUT2D eigenvalue weighted by atomic mass is 16.7. The molecule has 52 heavy (non-hydrogen) atoms. The first-order chi connectivity index (χ1) is 24.6. The molecular weight excluding hydrogens is 712 g/mol. The van der Waals surface area contributed by atoms with E-state index in [9.17, 15) is 61.3 Å². The van der Waals surface area contributed by atoms with E-state index in [1.54, 1.807) is 0 Å². The van der Waals surface area contributed by atoms with E-state index in [0.29, 0.717) is 19.6 Å². The number of ether oxygens (including phenoxy) is 4. The number of aliphatic hydroxyl groups is 16. The molecule has 0 radical (unpaired) electrons. The molecule has 0 bridgehead atoms. The molecule has 2 aliphatic rings. The second-order valence-corrected chi connectivity index (χ2v) is 12.0. The summed E-state index contributed by atoms with van der Waals surface area (Å²) in [5, 5.41) is 158. The summed E-state index contributed by atoms with van der Waals surface area (Å²) in [6, 6.07) is 0. The van der Waals surface area contributed by atoms with Crippen LogP contribution < -0.4 is 21.8 Å². The third-order valence-corrected chi connectivity index (χ3v) is 8.08. The molecule has 2 aliphatic heterocycles. The van der Waals surface area contributed by atoms with E-state index < -0.39 is 137 Å². The predicted octanol–water partition coefficient (Wildman–Crippen LogP) is -13.8. The lowest BCUT2D eigenvalue weighted by atomic mass is 9.98. The van der Waals surface area contributed by atoms with Crippen molar-refractivity contribution < 1.29 is 106 Å². The van der Waals surface area contributed by atoms with E-state index >= 15 is 0 Å². The molecule has 24 nitrogen and oxygen atoms in total. The van der Waals surface area contributed by atoms with Gasteiger partial charge in [-0.05, 0) is 0 Å². The summed E-state index contributed by atoms with van der Waals surface area (Å²) in [4.78, 5) is 2.62. The molecule has 2 fully saturated rings. The minimum atomic E-state index is -1.77. The second-order valence-electron chi connectivity index (χ2n) is 12.0. The monoisotopic (exact) mass is 771 g/mol. The van der Waals surface area contributed by atoms with Gasteiger partial charge < -0.3 is 117 Å². The topological polar surface area (TPSA) is 439 Å². The van der Waals surface area contributed by atoms with Crippen molar-refractivity contribution in [3.63, 3.8) is 0 Å². The normalized spacial score (nSPS) is 34.4. The number of aliphatic hydroxyl groups excluding tert-OH is 16. The van der Waals surface area contributed by atoms with Crippen LogP contribution in [0.25, 0.3) is 0 Å². The van der Waals surface area contributed by atoms with Gasteiger partial charge in [-0.2, -0.15) is 0 Å². The maximum atomic E-state index is 10.2. The van der Waals surface area contributed by atoms with Crippen LogP contribution in [0.15, 0.2) is 0 Å². The standard InChI is InChI=1S/C14H30N2O10.C14H28N2O10/c2*15-1-2-16-3-6(19)9(21)13(7(20)4-17)26-14-12(24)11(23)10(22)8(5-18)25-14/h6-14,16-24H,1-5,15H2;3,6-14,17-24H,1-2,4-5,15H2/p+1. The number of nitrogens with one attached hydrogen (secondary N) is 2. The van der Waals surface area contributed by atoms with Crippen molar-refractivity contribution in [3.05, 3.63) is 0 Å². The van der Waals surface area contributed by atoms with Crippen molar-refractivity contribution in [2.75, 3.05) is 59.2 Å². The Morgan fingerprint density at radius 3 is 1.44 bits per heavy atom. The van der Waals surface area contributed by atoms with Gasteiger partial charge in [-0.1, -0.05) is 0 Å². The largest absolute Gasteiger partial charge is 0.394 e. The molecule has 310 valence electrons. The molecular formula is C28H59N4O20+. The van der Waals surface area contributed by atoms with Crippen molar-refractivity contribution in [2.45, 2.75) is 110 Å². The second kappa shape index (κ2) is 25.0. The van der Waals surface area contributed by atoms with Gasteiger partial charge in [0.2, 0.25) is 0 Å². The molecule has 18 atom stereocenters. The van der Waals surface area contributed by atoms with E-state index in [4.69, 9.17) is 50.8 Å². The van der Waals surface area contributed by atoms with E-state index in [2.05, 4.69) is 10.3 Å². The van der Waals surface area contributed by atoms with Crippen LogP contribution in [0.1, 0.15) is 0 Å². The smallest absolute Gasteiger partial charge is 0.187 e. The number of hydrogen-bond acceptors (Lipinski definition) is 23. The lowest BCUT2D eigenvalue weighted by molar-refractivity contribution is -0.452. The molecule has 2 saturated heterocycles. The molecule has 0 amide bonds. The Hall–Kier alpha value is -1.25. The number of hydrogen-bond donors (Lipinski definition) is 20. The molecule has 18 unspecified atom stereocenters. The van der Waals surface area contributed by atoms with Crippen molar-refractivity contribution in [1.29, 1.82) is 0 Å². The lowest BCUT2D eigenvalue weighted by Crippen LogP contribution is -2.73. The van der Waals surface area contributed by atoms with Crippen LogP contribution in [-0.4, -0.2) is 257 Å². The van der Waals surface area contributed by atoms with Gasteiger partial charge >= 0.3 is 0 Å². The fraction of sp³-hybridized carbons (Fsp3) is 0.964. The van der Waals surface area contributed by atoms with Gasteiger partial charge in [-0.25, -0.2) is 4.99 Å². The minimum absolute atomic E-state index is 0.0922. The van der Waals surface area contributed by atoms with Crippen molar-refractivity contribution in [1.82, 2.24) is 5.32 Å². The van der Waals surface area contributed by atoms with Crippen LogP contribution in [0.5, 0.6) is 0 Å². The van der Waals surface area contributed by atoms with E-state index in [0.717, 1.165) is 6.21 Å². The predicted molar refractivity (Wildman–Crippen MR) is 170 cm³/mol. The third kappa shape index (κ3) is 14.1. The molecule has 0 aromatic heterocycles. The maximum Gasteiger partial charge on any atom is 0.187 e. The first kappa shape index (κ1) is 48.8.